The molecule has 0 aliphatic carbocycles. The van der Waals surface area contributed by atoms with Crippen LogP contribution >= 0.6 is 27.3 Å². The van der Waals surface area contributed by atoms with Crippen LogP contribution in [0.4, 0.5) is 0 Å². The van der Waals surface area contributed by atoms with E-state index in [0.717, 1.165) is 56.8 Å². The first-order valence-corrected chi connectivity index (χ1v) is 12.2. The van der Waals surface area contributed by atoms with Gasteiger partial charge in [-0.3, -0.25) is 4.79 Å². The first-order chi connectivity index (χ1) is 15.5. The highest BCUT2D eigenvalue weighted by Gasteiger charge is 2.11. The van der Waals surface area contributed by atoms with Crippen molar-refractivity contribution in [1.29, 1.82) is 0 Å². The van der Waals surface area contributed by atoms with E-state index in [9.17, 15) is 4.79 Å². The number of hydrogen-bond acceptors (Lipinski definition) is 4. The number of thiophene rings is 1. The van der Waals surface area contributed by atoms with Gasteiger partial charge in [-0.1, -0.05) is 49.8 Å². The van der Waals surface area contributed by atoms with Crippen molar-refractivity contribution >= 4 is 39.1 Å². The molecule has 32 heavy (non-hydrogen) atoms. The van der Waals surface area contributed by atoms with Crippen LogP contribution < -0.4 is 9.47 Å². The zero-order chi connectivity index (χ0) is 22.9. The van der Waals surface area contributed by atoms with Crippen LogP contribution in [0, 0.1) is 0 Å². The summed E-state index contributed by atoms with van der Waals surface area (Å²) in [7, 11) is 1.64. The molecule has 0 aliphatic heterocycles. The number of ether oxygens (including phenoxy) is 2. The highest BCUT2D eigenvalue weighted by Crippen LogP contribution is 2.29. The van der Waals surface area contributed by atoms with Crippen LogP contribution in [0.25, 0.3) is 6.08 Å². The number of para-hydroxylation sites is 1. The van der Waals surface area contributed by atoms with Crippen molar-refractivity contribution in [3.05, 3.63) is 98.2 Å². The van der Waals surface area contributed by atoms with Crippen molar-refractivity contribution in [1.82, 2.24) is 0 Å². The second-order valence-electron chi connectivity index (χ2n) is 7.29. The molecule has 0 saturated heterocycles. The minimum atomic E-state index is 0.00465. The maximum absolute atomic E-state index is 12.7. The Balaban J connectivity index is 1.75. The molecule has 1 aromatic heterocycles. The molecule has 0 aliphatic rings. The quantitative estimate of drug-likeness (QED) is 0.151. The SMILES string of the molecule is C=CCc1ccccc1OCc1cc(/C=C/C(=O)c2cc(Br)c(CCC)s2)ccc1OC. The number of hydrogen-bond donors (Lipinski definition) is 0. The molecule has 3 nitrogen and oxygen atoms in total. The summed E-state index contributed by atoms with van der Waals surface area (Å²) < 4.78 is 12.6. The second-order valence-corrected chi connectivity index (χ2v) is 9.28. The van der Waals surface area contributed by atoms with E-state index in [1.807, 2.05) is 60.7 Å². The van der Waals surface area contributed by atoms with Crippen LogP contribution in [0.1, 0.15) is 44.6 Å². The normalized spacial score (nSPS) is 11.0. The lowest BCUT2D eigenvalue weighted by molar-refractivity contribution is 0.105. The Bertz CT molecular complexity index is 1110. The summed E-state index contributed by atoms with van der Waals surface area (Å²) in [5.41, 5.74) is 2.92. The van der Waals surface area contributed by atoms with Crippen LogP contribution in [-0.2, 0) is 19.4 Å². The number of ketones is 1. The summed E-state index contributed by atoms with van der Waals surface area (Å²) in [5, 5.41) is 0. The summed E-state index contributed by atoms with van der Waals surface area (Å²) in [5.74, 6) is 1.59. The van der Waals surface area contributed by atoms with E-state index in [1.54, 1.807) is 24.5 Å². The van der Waals surface area contributed by atoms with Crippen LogP contribution in [0.2, 0.25) is 0 Å². The number of halogens is 1. The standard InChI is InChI=1S/C27H27BrO3S/c1-4-8-20-10-6-7-11-25(20)31-18-21-16-19(13-15-24(21)30-3)12-14-23(29)27-17-22(28)26(32-27)9-5-2/h4,6-7,10-17H,1,5,8-9,18H2,2-3H3/b14-12+. The van der Waals surface area contributed by atoms with Gasteiger partial charge in [-0.15, -0.1) is 17.9 Å². The highest BCUT2D eigenvalue weighted by molar-refractivity contribution is 9.10. The molecule has 3 aromatic rings. The topological polar surface area (TPSA) is 35.5 Å². The van der Waals surface area contributed by atoms with Crippen LogP contribution in [0.3, 0.4) is 0 Å². The van der Waals surface area contributed by atoms with Crippen LogP contribution in [-0.4, -0.2) is 12.9 Å². The molecule has 0 atom stereocenters. The number of carbonyl (C=O) groups excluding carboxylic acids is 1. The zero-order valence-electron chi connectivity index (χ0n) is 18.4. The fourth-order valence-electron chi connectivity index (χ4n) is 3.32. The third-order valence-corrected chi connectivity index (χ3v) is 7.11. The lowest BCUT2D eigenvalue weighted by Crippen LogP contribution is -2.01. The lowest BCUT2D eigenvalue weighted by Gasteiger charge is -2.13. The van der Waals surface area contributed by atoms with Gasteiger partial charge in [-0.25, -0.2) is 0 Å². The average molecular weight is 511 g/mol. The van der Waals surface area contributed by atoms with E-state index < -0.39 is 0 Å². The molecule has 0 saturated carbocycles. The monoisotopic (exact) mass is 510 g/mol. The van der Waals surface area contributed by atoms with Crippen LogP contribution in [0.15, 0.2) is 71.7 Å². The van der Waals surface area contributed by atoms with Gasteiger partial charge in [-0.2, -0.15) is 0 Å². The number of aryl methyl sites for hydroxylation is 1. The third-order valence-electron chi connectivity index (χ3n) is 4.93. The van der Waals surface area contributed by atoms with Crippen molar-refractivity contribution in [2.24, 2.45) is 0 Å². The molecule has 0 fully saturated rings. The zero-order valence-corrected chi connectivity index (χ0v) is 20.8. The Morgan fingerprint density at radius 1 is 1.12 bits per heavy atom. The van der Waals surface area contributed by atoms with Gasteiger partial charge in [-0.05, 0) is 70.2 Å². The summed E-state index contributed by atoms with van der Waals surface area (Å²) in [6.07, 6.45) is 8.10. The first kappa shape index (κ1) is 24.0. The maximum atomic E-state index is 12.7. The van der Waals surface area contributed by atoms with Gasteiger partial charge in [0.1, 0.15) is 18.1 Å². The summed E-state index contributed by atoms with van der Waals surface area (Å²) in [4.78, 5) is 14.6. The molecule has 5 heteroatoms. The van der Waals surface area contributed by atoms with Gasteiger partial charge < -0.3 is 9.47 Å². The number of benzene rings is 2. The lowest BCUT2D eigenvalue weighted by atomic mass is 10.1. The Hall–Kier alpha value is -2.63. The van der Waals surface area contributed by atoms with Crippen molar-refractivity contribution < 1.29 is 14.3 Å². The van der Waals surface area contributed by atoms with Gasteiger partial charge in [0.2, 0.25) is 0 Å². The number of allylic oxidation sites excluding steroid dienone is 2. The Kier molecular flexibility index (Phi) is 8.89. The van der Waals surface area contributed by atoms with E-state index in [4.69, 9.17) is 9.47 Å². The first-order valence-electron chi connectivity index (χ1n) is 10.5. The average Bonchev–Trinajstić information content (AvgIpc) is 3.17. The largest absolute Gasteiger partial charge is 0.496 e. The summed E-state index contributed by atoms with van der Waals surface area (Å²) >= 11 is 5.11. The molecule has 0 spiro atoms. The molecule has 2 aromatic carbocycles. The predicted molar refractivity (Wildman–Crippen MR) is 137 cm³/mol. The number of carbonyl (C=O) groups is 1. The Morgan fingerprint density at radius 3 is 2.69 bits per heavy atom. The van der Waals surface area contributed by atoms with E-state index in [1.165, 1.54) is 4.88 Å². The number of methoxy groups -OCH3 is 1. The fraction of sp³-hybridized carbons (Fsp3) is 0.222. The molecule has 166 valence electrons. The fourth-order valence-corrected chi connectivity index (χ4v) is 5.21. The third kappa shape index (κ3) is 6.21. The Labute approximate surface area is 202 Å². The molecule has 0 amide bonds. The molecular weight excluding hydrogens is 484 g/mol. The van der Waals surface area contributed by atoms with Gasteiger partial charge in [0, 0.05) is 14.9 Å². The van der Waals surface area contributed by atoms with Crippen molar-refractivity contribution in [3.8, 4) is 11.5 Å². The predicted octanol–water partition coefficient (Wildman–Crippen LogP) is 7.68. The Morgan fingerprint density at radius 2 is 1.94 bits per heavy atom. The minimum absolute atomic E-state index is 0.00465. The van der Waals surface area contributed by atoms with E-state index in [-0.39, 0.29) is 5.78 Å². The smallest absolute Gasteiger partial charge is 0.195 e. The van der Waals surface area contributed by atoms with Gasteiger partial charge in [0.15, 0.2) is 5.78 Å². The summed E-state index contributed by atoms with van der Waals surface area (Å²) in [6, 6.07) is 15.7. The second kappa shape index (κ2) is 11.8. The van der Waals surface area contributed by atoms with E-state index in [2.05, 4.69) is 29.4 Å². The van der Waals surface area contributed by atoms with E-state index >= 15 is 0 Å². The van der Waals surface area contributed by atoms with Crippen molar-refractivity contribution in [2.45, 2.75) is 32.8 Å². The van der Waals surface area contributed by atoms with Gasteiger partial charge >= 0.3 is 0 Å². The highest BCUT2D eigenvalue weighted by atomic mass is 79.9. The maximum Gasteiger partial charge on any atom is 0.195 e. The van der Waals surface area contributed by atoms with Crippen molar-refractivity contribution in [2.75, 3.05) is 7.11 Å². The molecule has 3 rings (SSSR count). The van der Waals surface area contributed by atoms with Gasteiger partial charge in [0.25, 0.3) is 0 Å². The molecule has 1 heterocycles. The molecule has 0 N–H and O–H groups in total. The van der Waals surface area contributed by atoms with Gasteiger partial charge in [0.05, 0.1) is 12.0 Å². The summed E-state index contributed by atoms with van der Waals surface area (Å²) in [6.45, 7) is 6.32. The van der Waals surface area contributed by atoms with Crippen LogP contribution in [0.5, 0.6) is 11.5 Å². The van der Waals surface area contributed by atoms with E-state index in [0.29, 0.717) is 6.61 Å². The number of rotatable bonds is 11. The minimum Gasteiger partial charge on any atom is -0.496 e. The molecule has 0 radical (unpaired) electrons. The molecule has 0 bridgehead atoms. The van der Waals surface area contributed by atoms with Crippen molar-refractivity contribution in [3.63, 3.8) is 0 Å². The molecular formula is C27H27BrO3S. The molecule has 0 unspecified atom stereocenters.